The van der Waals surface area contributed by atoms with Gasteiger partial charge in [0.25, 0.3) is 0 Å². The minimum Gasteiger partial charge on any atom is -0.495 e. The monoisotopic (exact) mass is 439 g/mol. The van der Waals surface area contributed by atoms with Crippen molar-refractivity contribution in [1.82, 2.24) is 0 Å². The van der Waals surface area contributed by atoms with Gasteiger partial charge in [0, 0.05) is 17.0 Å². The number of ether oxygens (including phenoxy) is 2. The number of carbonyl (C=O) groups excluding carboxylic acids is 1. The van der Waals surface area contributed by atoms with Crippen LogP contribution in [0.4, 0.5) is 0 Å². The van der Waals surface area contributed by atoms with Gasteiger partial charge in [-0.25, -0.2) is 23.1 Å². The highest BCUT2D eigenvalue weighted by molar-refractivity contribution is 7.89. The molecule has 31 heavy (non-hydrogen) atoms. The largest absolute Gasteiger partial charge is 0.495 e. The first-order chi connectivity index (χ1) is 14.8. The number of fused-ring (bicyclic) bond motifs is 3. The molecule has 4 rings (SSSR count). The fourth-order valence-electron chi connectivity index (χ4n) is 3.39. The molecule has 0 aliphatic rings. The van der Waals surface area contributed by atoms with E-state index in [4.69, 9.17) is 19.0 Å². The van der Waals surface area contributed by atoms with Crippen molar-refractivity contribution in [3.8, 4) is 5.75 Å². The molecule has 0 bridgehead atoms. The molecule has 0 radical (unpaired) electrons. The Morgan fingerprint density at radius 3 is 2.58 bits per heavy atom. The summed E-state index contributed by atoms with van der Waals surface area (Å²) >= 11 is 0. The number of primary sulfonamides is 1. The van der Waals surface area contributed by atoms with E-state index < -0.39 is 21.6 Å². The Morgan fingerprint density at radius 2 is 1.84 bits per heavy atom. The van der Waals surface area contributed by atoms with Crippen LogP contribution in [0.3, 0.4) is 0 Å². The smallest absolute Gasteiger partial charge is 0.338 e. The maximum Gasteiger partial charge on any atom is 0.338 e. The van der Waals surface area contributed by atoms with Gasteiger partial charge in [-0.15, -0.1) is 0 Å². The highest BCUT2D eigenvalue weighted by atomic mass is 32.2. The van der Waals surface area contributed by atoms with Gasteiger partial charge in [-0.1, -0.05) is 30.3 Å². The van der Waals surface area contributed by atoms with Gasteiger partial charge in [0.2, 0.25) is 10.0 Å². The van der Waals surface area contributed by atoms with Gasteiger partial charge >= 0.3 is 11.6 Å². The van der Waals surface area contributed by atoms with E-state index in [1.165, 1.54) is 25.3 Å². The molecule has 0 saturated carbocycles. The Labute approximate surface area is 176 Å². The summed E-state index contributed by atoms with van der Waals surface area (Å²) < 4.78 is 39.2. The molecule has 2 N–H and O–H groups in total. The second kappa shape index (κ2) is 7.86. The third kappa shape index (κ3) is 4.00. The molecule has 4 aromatic rings. The number of rotatable bonds is 5. The number of benzene rings is 3. The highest BCUT2D eigenvalue weighted by Crippen LogP contribution is 2.28. The van der Waals surface area contributed by atoms with E-state index in [0.29, 0.717) is 16.5 Å². The Balaban J connectivity index is 1.71. The summed E-state index contributed by atoms with van der Waals surface area (Å²) in [4.78, 5) is 24.2. The van der Waals surface area contributed by atoms with Crippen molar-refractivity contribution in [3.05, 3.63) is 82.2 Å². The SMILES string of the molecule is COc1ccc(C(=O)OCc2cc(=O)oc3ccc4ccccc4c23)cc1S(N)(=O)=O. The first-order valence-corrected chi connectivity index (χ1v) is 10.6. The molecule has 1 heterocycles. The van der Waals surface area contributed by atoms with E-state index in [0.717, 1.165) is 16.8 Å². The molecule has 3 aromatic carbocycles. The Kier molecular flexibility index (Phi) is 5.22. The van der Waals surface area contributed by atoms with Crippen LogP contribution in [0.25, 0.3) is 21.7 Å². The van der Waals surface area contributed by atoms with Crippen molar-refractivity contribution in [2.24, 2.45) is 5.14 Å². The lowest BCUT2D eigenvalue weighted by atomic mass is 10.0. The van der Waals surface area contributed by atoms with Crippen LogP contribution in [-0.2, 0) is 21.4 Å². The molecule has 158 valence electrons. The predicted octanol–water partition coefficient (Wildman–Crippen LogP) is 2.96. The minimum atomic E-state index is -4.11. The van der Waals surface area contributed by atoms with Crippen molar-refractivity contribution in [2.45, 2.75) is 11.5 Å². The lowest BCUT2D eigenvalue weighted by Gasteiger charge is -2.11. The standard InChI is InChI=1S/C22H17NO7S/c1-28-17-8-7-14(10-19(17)31(23,26)27)22(25)29-12-15-11-20(24)30-18-9-6-13-4-2-3-5-16(13)21(15)18/h2-11H,12H2,1H3,(H2,23,26,27). The molecule has 0 saturated heterocycles. The lowest BCUT2D eigenvalue weighted by molar-refractivity contribution is 0.0473. The van der Waals surface area contributed by atoms with Gasteiger partial charge in [-0.3, -0.25) is 0 Å². The van der Waals surface area contributed by atoms with Crippen LogP contribution in [-0.4, -0.2) is 21.5 Å². The minimum absolute atomic E-state index is 0.0113. The first-order valence-electron chi connectivity index (χ1n) is 9.10. The number of sulfonamides is 1. The van der Waals surface area contributed by atoms with Crippen LogP contribution >= 0.6 is 0 Å². The molecule has 0 amide bonds. The zero-order valence-electron chi connectivity index (χ0n) is 16.3. The zero-order chi connectivity index (χ0) is 22.2. The summed E-state index contributed by atoms with van der Waals surface area (Å²) in [5.74, 6) is -0.772. The average Bonchev–Trinajstić information content (AvgIpc) is 2.75. The van der Waals surface area contributed by atoms with Crippen molar-refractivity contribution in [1.29, 1.82) is 0 Å². The van der Waals surface area contributed by atoms with Gasteiger partial charge < -0.3 is 13.9 Å². The van der Waals surface area contributed by atoms with E-state index in [9.17, 15) is 18.0 Å². The normalized spacial score (nSPS) is 11.5. The summed E-state index contributed by atoms with van der Waals surface area (Å²) in [5.41, 5.74) is 0.242. The lowest BCUT2D eigenvalue weighted by Crippen LogP contribution is -2.15. The average molecular weight is 439 g/mol. The van der Waals surface area contributed by atoms with Gasteiger partial charge in [0.15, 0.2) is 0 Å². The molecule has 0 spiro atoms. The molecule has 9 heteroatoms. The van der Waals surface area contributed by atoms with Crippen LogP contribution in [0.1, 0.15) is 15.9 Å². The predicted molar refractivity (Wildman–Crippen MR) is 113 cm³/mol. The summed E-state index contributed by atoms with van der Waals surface area (Å²) in [6, 6.07) is 16.1. The molecular formula is C22H17NO7S. The van der Waals surface area contributed by atoms with E-state index >= 15 is 0 Å². The molecule has 0 atom stereocenters. The second-order valence-corrected chi connectivity index (χ2v) is 8.27. The third-order valence-electron chi connectivity index (χ3n) is 4.78. The summed E-state index contributed by atoms with van der Waals surface area (Å²) in [7, 11) is -2.82. The van der Waals surface area contributed by atoms with Crippen LogP contribution in [0.15, 0.2) is 74.8 Å². The Bertz CT molecular complexity index is 1490. The molecule has 0 fully saturated rings. The molecule has 0 aliphatic carbocycles. The van der Waals surface area contributed by atoms with E-state index in [1.54, 1.807) is 6.07 Å². The van der Waals surface area contributed by atoms with Gasteiger partial charge in [0.05, 0.1) is 12.7 Å². The van der Waals surface area contributed by atoms with Crippen molar-refractivity contribution in [2.75, 3.05) is 7.11 Å². The maximum absolute atomic E-state index is 12.6. The van der Waals surface area contributed by atoms with Gasteiger partial charge in [-0.2, -0.15) is 0 Å². The summed E-state index contributed by atoms with van der Waals surface area (Å²) in [6.45, 7) is -0.217. The van der Waals surface area contributed by atoms with Crippen LogP contribution < -0.4 is 15.5 Å². The number of methoxy groups -OCH3 is 1. The second-order valence-electron chi connectivity index (χ2n) is 6.74. The highest BCUT2D eigenvalue weighted by Gasteiger charge is 2.19. The van der Waals surface area contributed by atoms with E-state index in [2.05, 4.69) is 0 Å². The fraction of sp³-hybridized carbons (Fsp3) is 0.0909. The summed E-state index contributed by atoms with van der Waals surface area (Å²) in [6.07, 6.45) is 0. The van der Waals surface area contributed by atoms with Crippen molar-refractivity contribution in [3.63, 3.8) is 0 Å². The number of esters is 1. The Hall–Kier alpha value is -3.69. The number of hydrogen-bond donors (Lipinski definition) is 1. The molecule has 0 aliphatic heterocycles. The van der Waals surface area contributed by atoms with Crippen molar-refractivity contribution < 1.29 is 27.1 Å². The Morgan fingerprint density at radius 1 is 1.06 bits per heavy atom. The number of carbonyl (C=O) groups is 1. The molecule has 8 nitrogen and oxygen atoms in total. The number of nitrogens with two attached hydrogens (primary N) is 1. The number of hydrogen-bond acceptors (Lipinski definition) is 7. The molecule has 0 unspecified atom stereocenters. The zero-order valence-corrected chi connectivity index (χ0v) is 17.1. The van der Waals surface area contributed by atoms with Gasteiger partial charge in [-0.05, 0) is 35.0 Å². The molecule has 1 aromatic heterocycles. The van der Waals surface area contributed by atoms with E-state index in [1.807, 2.05) is 30.3 Å². The maximum atomic E-state index is 12.6. The topological polar surface area (TPSA) is 126 Å². The van der Waals surface area contributed by atoms with Crippen LogP contribution in [0.2, 0.25) is 0 Å². The van der Waals surface area contributed by atoms with Crippen molar-refractivity contribution >= 4 is 37.7 Å². The fourth-order valence-corrected chi connectivity index (χ4v) is 4.11. The molecular weight excluding hydrogens is 422 g/mol. The quantitative estimate of drug-likeness (QED) is 0.288. The van der Waals surface area contributed by atoms with Gasteiger partial charge in [0.1, 0.15) is 22.8 Å². The van der Waals surface area contributed by atoms with E-state index in [-0.39, 0.29) is 22.8 Å². The van der Waals surface area contributed by atoms with Crippen LogP contribution in [0.5, 0.6) is 5.75 Å². The van der Waals surface area contributed by atoms with Crippen LogP contribution in [0, 0.1) is 0 Å². The third-order valence-corrected chi connectivity index (χ3v) is 5.71. The summed E-state index contributed by atoms with van der Waals surface area (Å²) in [5, 5.41) is 7.63. The first kappa shape index (κ1) is 20.6.